The number of aryl methyl sites for hydroxylation is 1. The van der Waals surface area contributed by atoms with Gasteiger partial charge >= 0.3 is 5.97 Å². The number of carbonyl (C=O) groups excluding carboxylic acids is 1. The van der Waals surface area contributed by atoms with Gasteiger partial charge in [-0.3, -0.25) is 9.10 Å². The molecule has 0 saturated carbocycles. The number of carbonyl (C=O) groups is 1. The van der Waals surface area contributed by atoms with E-state index in [4.69, 9.17) is 14.5 Å². The average Bonchev–Trinajstić information content (AvgIpc) is 3.24. The molecule has 4 aromatic rings. The van der Waals surface area contributed by atoms with Gasteiger partial charge in [-0.25, -0.2) is 17.8 Å². The van der Waals surface area contributed by atoms with Crippen LogP contribution < -0.4 is 9.04 Å². The topological polar surface area (TPSA) is 90.7 Å². The number of nitrogens with zero attached hydrogens (tertiary/aromatic N) is 3. The molecule has 0 spiro atoms. The van der Waals surface area contributed by atoms with Crippen LogP contribution >= 0.6 is 0 Å². The van der Waals surface area contributed by atoms with Gasteiger partial charge in [-0.05, 0) is 81.8 Å². The van der Waals surface area contributed by atoms with Crippen molar-refractivity contribution in [3.8, 4) is 5.75 Å². The van der Waals surface area contributed by atoms with Crippen LogP contribution in [0.15, 0.2) is 77.7 Å². The number of sulfonamides is 1. The average molecular weight is 582 g/mol. The second-order valence-corrected chi connectivity index (χ2v) is 12.5. The highest BCUT2D eigenvalue weighted by Crippen LogP contribution is 2.29. The van der Waals surface area contributed by atoms with Gasteiger partial charge in [0, 0.05) is 19.4 Å². The number of esters is 1. The summed E-state index contributed by atoms with van der Waals surface area (Å²) in [6, 6.07) is 19.2. The van der Waals surface area contributed by atoms with Crippen LogP contribution in [0.5, 0.6) is 5.75 Å². The summed E-state index contributed by atoms with van der Waals surface area (Å²) in [6.45, 7) is 7.89. The molecule has 0 aliphatic rings. The molecule has 0 aliphatic carbocycles. The molecular formula is C31H36FN3O5S. The largest absolute Gasteiger partial charge is 0.494 e. The summed E-state index contributed by atoms with van der Waals surface area (Å²) < 4.78 is 55.6. The molecule has 1 aromatic heterocycles. The first kappa shape index (κ1) is 30.0. The number of anilines is 1. The number of rotatable bonds is 12. The zero-order valence-corrected chi connectivity index (χ0v) is 24.7. The Morgan fingerprint density at radius 1 is 1.02 bits per heavy atom. The van der Waals surface area contributed by atoms with Gasteiger partial charge in [0.25, 0.3) is 10.0 Å². The van der Waals surface area contributed by atoms with E-state index in [0.717, 1.165) is 24.4 Å². The summed E-state index contributed by atoms with van der Waals surface area (Å²) in [6.07, 6.45) is 1.86. The molecule has 0 aliphatic heterocycles. The third-order valence-electron chi connectivity index (χ3n) is 6.20. The molecular weight excluding hydrogens is 545 g/mol. The Hall–Kier alpha value is -3.92. The van der Waals surface area contributed by atoms with Crippen LogP contribution in [0.25, 0.3) is 11.0 Å². The van der Waals surface area contributed by atoms with E-state index in [2.05, 4.69) is 0 Å². The Labute approximate surface area is 240 Å². The molecule has 10 heteroatoms. The highest BCUT2D eigenvalue weighted by molar-refractivity contribution is 7.92. The SMILES string of the molecule is CCCc1nc2cc(N(CCCOc3ccccc3)S(=O)(=O)c3ccc(F)cc3)ccc2n1CC(=O)OC(C)(C)C. The monoisotopic (exact) mass is 581 g/mol. The van der Waals surface area contributed by atoms with Crippen LogP contribution in [-0.2, 0) is 32.5 Å². The van der Waals surface area contributed by atoms with E-state index >= 15 is 0 Å². The maximum atomic E-state index is 13.8. The van der Waals surface area contributed by atoms with Gasteiger partial charge in [0.1, 0.15) is 29.5 Å². The van der Waals surface area contributed by atoms with Crippen molar-refractivity contribution in [3.63, 3.8) is 0 Å². The predicted molar refractivity (Wildman–Crippen MR) is 157 cm³/mol. The van der Waals surface area contributed by atoms with Gasteiger partial charge in [-0.15, -0.1) is 0 Å². The van der Waals surface area contributed by atoms with Crippen molar-refractivity contribution in [1.29, 1.82) is 0 Å². The highest BCUT2D eigenvalue weighted by Gasteiger charge is 2.26. The van der Waals surface area contributed by atoms with Crippen molar-refractivity contribution in [1.82, 2.24) is 9.55 Å². The number of fused-ring (bicyclic) bond motifs is 1. The molecule has 0 atom stereocenters. The lowest BCUT2D eigenvalue weighted by Crippen LogP contribution is -2.32. The summed E-state index contributed by atoms with van der Waals surface area (Å²) in [4.78, 5) is 17.4. The number of hydrogen-bond acceptors (Lipinski definition) is 6. The third kappa shape index (κ3) is 7.64. The normalized spacial score (nSPS) is 11.9. The van der Waals surface area contributed by atoms with E-state index in [1.54, 1.807) is 18.2 Å². The molecule has 4 rings (SSSR count). The first-order valence-corrected chi connectivity index (χ1v) is 15.1. The quantitative estimate of drug-likeness (QED) is 0.148. The van der Waals surface area contributed by atoms with E-state index in [1.807, 2.05) is 62.6 Å². The first-order chi connectivity index (χ1) is 19.5. The number of ether oxygens (including phenoxy) is 2. The van der Waals surface area contributed by atoms with Gasteiger partial charge in [0.2, 0.25) is 0 Å². The highest BCUT2D eigenvalue weighted by atomic mass is 32.2. The van der Waals surface area contributed by atoms with Crippen molar-refractivity contribution >= 4 is 32.7 Å². The number of para-hydroxylation sites is 1. The Balaban J connectivity index is 1.67. The molecule has 0 N–H and O–H groups in total. The maximum absolute atomic E-state index is 13.8. The second-order valence-electron chi connectivity index (χ2n) is 10.7. The van der Waals surface area contributed by atoms with Gasteiger partial charge in [-0.2, -0.15) is 0 Å². The van der Waals surface area contributed by atoms with Crippen LogP contribution in [0.4, 0.5) is 10.1 Å². The summed E-state index contributed by atoms with van der Waals surface area (Å²) >= 11 is 0. The molecule has 0 amide bonds. The smallest absolute Gasteiger partial charge is 0.326 e. The summed E-state index contributed by atoms with van der Waals surface area (Å²) in [5.74, 6) is 0.514. The zero-order chi connectivity index (χ0) is 29.6. The minimum Gasteiger partial charge on any atom is -0.494 e. The number of halogens is 1. The van der Waals surface area contributed by atoms with Crippen LogP contribution in [0.1, 0.15) is 46.4 Å². The number of imidazole rings is 1. The molecule has 0 bridgehead atoms. The molecule has 1 heterocycles. The third-order valence-corrected chi connectivity index (χ3v) is 8.04. The lowest BCUT2D eigenvalue weighted by Gasteiger charge is -2.25. The fraction of sp³-hybridized carbons (Fsp3) is 0.355. The van der Waals surface area contributed by atoms with E-state index in [9.17, 15) is 17.6 Å². The Morgan fingerprint density at radius 2 is 1.73 bits per heavy atom. The second kappa shape index (κ2) is 12.7. The minimum absolute atomic E-state index is 0.00311. The number of benzene rings is 3. The molecule has 0 saturated heterocycles. The van der Waals surface area contributed by atoms with Crippen molar-refractivity contribution in [2.24, 2.45) is 0 Å². The van der Waals surface area contributed by atoms with E-state index in [0.29, 0.717) is 41.9 Å². The lowest BCUT2D eigenvalue weighted by molar-refractivity contribution is -0.155. The Kier molecular flexibility index (Phi) is 9.32. The van der Waals surface area contributed by atoms with E-state index < -0.39 is 21.4 Å². The van der Waals surface area contributed by atoms with Crippen LogP contribution in [-0.4, -0.2) is 42.7 Å². The molecule has 218 valence electrons. The van der Waals surface area contributed by atoms with Gasteiger partial charge in [-0.1, -0.05) is 25.1 Å². The molecule has 0 fully saturated rings. The first-order valence-electron chi connectivity index (χ1n) is 13.6. The fourth-order valence-electron chi connectivity index (χ4n) is 4.45. The predicted octanol–water partition coefficient (Wildman–Crippen LogP) is 6.13. The Bertz CT molecular complexity index is 1580. The zero-order valence-electron chi connectivity index (χ0n) is 23.8. The summed E-state index contributed by atoms with van der Waals surface area (Å²) in [7, 11) is -4.04. The van der Waals surface area contributed by atoms with Gasteiger partial charge < -0.3 is 14.0 Å². The van der Waals surface area contributed by atoms with Gasteiger partial charge in [0.05, 0.1) is 28.2 Å². The minimum atomic E-state index is -4.04. The van der Waals surface area contributed by atoms with Crippen LogP contribution in [0.3, 0.4) is 0 Å². The molecule has 8 nitrogen and oxygen atoms in total. The summed E-state index contributed by atoms with van der Waals surface area (Å²) in [5.41, 5.74) is 1.06. The van der Waals surface area contributed by atoms with Gasteiger partial charge in [0.15, 0.2) is 0 Å². The summed E-state index contributed by atoms with van der Waals surface area (Å²) in [5, 5.41) is 0. The van der Waals surface area contributed by atoms with Crippen molar-refractivity contribution < 1.29 is 27.1 Å². The fourth-order valence-corrected chi connectivity index (χ4v) is 5.95. The molecule has 41 heavy (non-hydrogen) atoms. The molecule has 3 aromatic carbocycles. The molecule has 0 unspecified atom stereocenters. The van der Waals surface area contributed by atoms with Crippen molar-refractivity contribution in [3.05, 3.63) is 84.4 Å². The number of hydrogen-bond donors (Lipinski definition) is 0. The molecule has 0 radical (unpaired) electrons. The van der Waals surface area contributed by atoms with Crippen LogP contribution in [0.2, 0.25) is 0 Å². The standard InChI is InChI=1S/C31H36FN3O5S/c1-5-10-29-33-27-21-24(15-18-28(27)34(29)22-30(36)40-31(2,3)4)35(19-9-20-39-25-11-7-6-8-12-25)41(37,38)26-16-13-23(32)14-17-26/h6-8,11-18,21H,5,9-10,19-20,22H2,1-4H3. The van der Waals surface area contributed by atoms with E-state index in [1.165, 1.54) is 16.4 Å². The lowest BCUT2D eigenvalue weighted by atomic mass is 10.2. The Morgan fingerprint density at radius 3 is 2.39 bits per heavy atom. The van der Waals surface area contributed by atoms with Crippen LogP contribution in [0, 0.1) is 5.82 Å². The van der Waals surface area contributed by atoms with Crippen molar-refractivity contribution in [2.45, 2.75) is 64.0 Å². The van der Waals surface area contributed by atoms with E-state index in [-0.39, 0.29) is 24.0 Å². The maximum Gasteiger partial charge on any atom is 0.326 e. The van der Waals surface area contributed by atoms with Crippen molar-refractivity contribution in [2.75, 3.05) is 17.5 Å². The number of aromatic nitrogens is 2.